The van der Waals surface area contributed by atoms with Crippen LogP contribution >= 0.6 is 0 Å². The molecule has 6 heteroatoms. The largest absolute Gasteiger partial charge is 0.381 e. The van der Waals surface area contributed by atoms with E-state index in [-0.39, 0.29) is 23.4 Å². The molecular formula is C13H15FN2O3. The summed E-state index contributed by atoms with van der Waals surface area (Å²) in [6.07, 6.45) is 0.686. The number of amides is 2. The lowest BCUT2D eigenvalue weighted by Crippen LogP contribution is -2.23. The predicted octanol–water partition coefficient (Wildman–Crippen LogP) is 1.76. The van der Waals surface area contributed by atoms with Crippen LogP contribution in [-0.4, -0.2) is 25.0 Å². The first-order valence-corrected chi connectivity index (χ1v) is 6.02. The lowest BCUT2D eigenvalue weighted by Gasteiger charge is -2.11. The Kier molecular flexibility index (Phi) is 4.11. The maximum Gasteiger partial charge on any atom is 0.229 e. The highest BCUT2D eigenvalue weighted by atomic mass is 19.1. The molecule has 1 aliphatic rings. The number of carbonyl (C=O) groups excluding carboxylic acids is 2. The van der Waals surface area contributed by atoms with Gasteiger partial charge in [-0.25, -0.2) is 4.39 Å². The predicted molar refractivity (Wildman–Crippen MR) is 68.3 cm³/mol. The van der Waals surface area contributed by atoms with Crippen LogP contribution in [0.25, 0.3) is 0 Å². The summed E-state index contributed by atoms with van der Waals surface area (Å²) in [5.41, 5.74) is 0.495. The van der Waals surface area contributed by atoms with Gasteiger partial charge in [-0.3, -0.25) is 9.59 Å². The van der Waals surface area contributed by atoms with Crippen molar-refractivity contribution < 1.29 is 18.7 Å². The second-order valence-corrected chi connectivity index (χ2v) is 4.43. The highest BCUT2D eigenvalue weighted by Crippen LogP contribution is 2.21. The quantitative estimate of drug-likeness (QED) is 0.876. The summed E-state index contributed by atoms with van der Waals surface area (Å²) in [5.74, 6) is -1.24. The molecule has 0 spiro atoms. The third kappa shape index (κ3) is 3.51. The average Bonchev–Trinajstić information content (AvgIpc) is 2.86. The van der Waals surface area contributed by atoms with Crippen molar-refractivity contribution in [2.45, 2.75) is 13.3 Å². The van der Waals surface area contributed by atoms with E-state index in [1.807, 2.05) is 0 Å². The van der Waals surface area contributed by atoms with Crippen molar-refractivity contribution in [2.24, 2.45) is 5.92 Å². The zero-order chi connectivity index (χ0) is 13.8. The number of hydrogen-bond acceptors (Lipinski definition) is 3. The molecule has 0 saturated carbocycles. The Hall–Kier alpha value is -1.95. The first-order chi connectivity index (χ1) is 9.06. The molecule has 1 fully saturated rings. The molecule has 1 aromatic rings. The zero-order valence-electron chi connectivity index (χ0n) is 10.5. The van der Waals surface area contributed by atoms with E-state index in [2.05, 4.69) is 10.6 Å². The van der Waals surface area contributed by atoms with E-state index in [0.29, 0.717) is 25.3 Å². The average molecular weight is 266 g/mol. The molecule has 2 amide bonds. The maximum atomic E-state index is 13.4. The van der Waals surface area contributed by atoms with Crippen molar-refractivity contribution in [1.29, 1.82) is 0 Å². The summed E-state index contributed by atoms with van der Waals surface area (Å²) in [7, 11) is 0. The molecule has 2 rings (SSSR count). The smallest absolute Gasteiger partial charge is 0.229 e. The molecule has 1 heterocycles. The van der Waals surface area contributed by atoms with Gasteiger partial charge in [0.1, 0.15) is 5.82 Å². The molecule has 1 aromatic carbocycles. The zero-order valence-corrected chi connectivity index (χ0v) is 10.5. The van der Waals surface area contributed by atoms with Gasteiger partial charge in [-0.05, 0) is 24.6 Å². The summed E-state index contributed by atoms with van der Waals surface area (Å²) >= 11 is 0. The minimum absolute atomic E-state index is 0.0490. The van der Waals surface area contributed by atoms with Gasteiger partial charge in [-0.1, -0.05) is 0 Å². The molecule has 5 nitrogen and oxygen atoms in total. The molecule has 1 atom stereocenters. The molecule has 0 radical (unpaired) electrons. The van der Waals surface area contributed by atoms with Crippen molar-refractivity contribution >= 4 is 23.2 Å². The molecule has 0 aliphatic carbocycles. The second kappa shape index (κ2) is 5.79. The number of anilines is 2. The minimum Gasteiger partial charge on any atom is -0.381 e. The number of hydrogen-bond donors (Lipinski definition) is 2. The van der Waals surface area contributed by atoms with Gasteiger partial charge in [0.15, 0.2) is 0 Å². The van der Waals surface area contributed by atoms with E-state index in [9.17, 15) is 14.0 Å². The number of ether oxygens (including phenoxy) is 1. The van der Waals surface area contributed by atoms with Crippen LogP contribution in [0.5, 0.6) is 0 Å². The normalized spacial score (nSPS) is 18.1. The summed E-state index contributed by atoms with van der Waals surface area (Å²) in [5, 5.41) is 5.05. The third-order valence-electron chi connectivity index (χ3n) is 2.85. The molecule has 19 heavy (non-hydrogen) atoms. The first-order valence-electron chi connectivity index (χ1n) is 6.02. The van der Waals surface area contributed by atoms with E-state index in [4.69, 9.17) is 4.74 Å². The monoisotopic (exact) mass is 266 g/mol. The van der Waals surface area contributed by atoms with E-state index < -0.39 is 5.82 Å². The molecule has 2 N–H and O–H groups in total. The van der Waals surface area contributed by atoms with E-state index in [0.717, 1.165) is 0 Å². The minimum atomic E-state index is -0.544. The Labute approximate surface area is 110 Å². The van der Waals surface area contributed by atoms with Crippen molar-refractivity contribution in [3.63, 3.8) is 0 Å². The van der Waals surface area contributed by atoms with Gasteiger partial charge in [0.2, 0.25) is 11.8 Å². The Morgan fingerprint density at radius 1 is 1.37 bits per heavy atom. The van der Waals surface area contributed by atoms with E-state index in [1.54, 1.807) is 0 Å². The topological polar surface area (TPSA) is 67.4 Å². The number of halogens is 1. The SMILES string of the molecule is CC(=O)Nc1cc(NC(=O)[C@@H]2CCOC2)ccc1F. The second-order valence-electron chi connectivity index (χ2n) is 4.43. The van der Waals surface area contributed by atoms with Gasteiger partial charge in [0.25, 0.3) is 0 Å². The van der Waals surface area contributed by atoms with Crippen molar-refractivity contribution in [2.75, 3.05) is 23.8 Å². The van der Waals surface area contributed by atoms with Crippen LogP contribution in [-0.2, 0) is 14.3 Å². The third-order valence-corrected chi connectivity index (χ3v) is 2.85. The molecule has 1 saturated heterocycles. The van der Waals surface area contributed by atoms with Crippen molar-refractivity contribution in [1.82, 2.24) is 0 Å². The number of rotatable bonds is 3. The lowest BCUT2D eigenvalue weighted by molar-refractivity contribution is -0.119. The standard InChI is InChI=1S/C13H15FN2O3/c1-8(17)15-12-6-10(2-3-11(12)14)16-13(18)9-4-5-19-7-9/h2-3,6,9H,4-5,7H2,1H3,(H,15,17)(H,16,18)/t9-/m1/s1. The van der Waals surface area contributed by atoms with Gasteiger partial charge in [-0.15, -0.1) is 0 Å². The van der Waals surface area contributed by atoms with Crippen molar-refractivity contribution in [3.05, 3.63) is 24.0 Å². The van der Waals surface area contributed by atoms with Gasteiger partial charge in [0.05, 0.1) is 18.2 Å². The fourth-order valence-electron chi connectivity index (χ4n) is 1.87. The van der Waals surface area contributed by atoms with Crippen LogP contribution in [0.15, 0.2) is 18.2 Å². The highest BCUT2D eigenvalue weighted by Gasteiger charge is 2.23. The lowest BCUT2D eigenvalue weighted by atomic mass is 10.1. The van der Waals surface area contributed by atoms with Crippen LogP contribution in [0.2, 0.25) is 0 Å². The summed E-state index contributed by atoms with van der Waals surface area (Å²) in [6, 6.07) is 4.05. The van der Waals surface area contributed by atoms with E-state index in [1.165, 1.54) is 25.1 Å². The van der Waals surface area contributed by atoms with Gasteiger partial charge < -0.3 is 15.4 Å². The number of carbonyl (C=O) groups is 2. The number of nitrogens with one attached hydrogen (secondary N) is 2. The van der Waals surface area contributed by atoms with Crippen LogP contribution in [0, 0.1) is 11.7 Å². The Bertz CT molecular complexity index is 499. The van der Waals surface area contributed by atoms with Crippen LogP contribution in [0.3, 0.4) is 0 Å². The van der Waals surface area contributed by atoms with E-state index >= 15 is 0 Å². The summed E-state index contributed by atoms with van der Waals surface area (Å²) < 4.78 is 18.6. The highest BCUT2D eigenvalue weighted by molar-refractivity contribution is 5.94. The molecule has 0 unspecified atom stereocenters. The maximum absolute atomic E-state index is 13.4. The Morgan fingerprint density at radius 3 is 2.79 bits per heavy atom. The molecule has 0 bridgehead atoms. The Morgan fingerprint density at radius 2 is 2.16 bits per heavy atom. The molecule has 102 valence electrons. The number of benzene rings is 1. The van der Waals surface area contributed by atoms with Crippen LogP contribution < -0.4 is 10.6 Å². The Balaban J connectivity index is 2.07. The van der Waals surface area contributed by atoms with Gasteiger partial charge in [-0.2, -0.15) is 0 Å². The fourth-order valence-corrected chi connectivity index (χ4v) is 1.87. The first kappa shape index (κ1) is 13.5. The summed E-state index contributed by atoms with van der Waals surface area (Å²) in [4.78, 5) is 22.8. The van der Waals surface area contributed by atoms with Crippen LogP contribution in [0.4, 0.5) is 15.8 Å². The van der Waals surface area contributed by atoms with Gasteiger partial charge >= 0.3 is 0 Å². The molecule has 0 aromatic heterocycles. The molecular weight excluding hydrogens is 251 g/mol. The molecule has 1 aliphatic heterocycles. The van der Waals surface area contributed by atoms with Crippen LogP contribution in [0.1, 0.15) is 13.3 Å². The summed E-state index contributed by atoms with van der Waals surface area (Å²) in [6.45, 7) is 2.28. The van der Waals surface area contributed by atoms with Gasteiger partial charge in [0, 0.05) is 19.2 Å². The fraction of sp³-hybridized carbons (Fsp3) is 0.385. The van der Waals surface area contributed by atoms with Crippen molar-refractivity contribution in [3.8, 4) is 0 Å².